The van der Waals surface area contributed by atoms with Crippen molar-refractivity contribution in [3.8, 4) is 0 Å². The van der Waals surface area contributed by atoms with E-state index in [-0.39, 0.29) is 17.1 Å². The third-order valence-electron chi connectivity index (χ3n) is 3.84. The molecule has 3 rings (SSSR count). The summed E-state index contributed by atoms with van der Waals surface area (Å²) in [5.41, 5.74) is -1.87. The number of thioether (sulfide) groups is 1. The second kappa shape index (κ2) is 7.01. The largest absolute Gasteiger partial charge is 0.388 e. The summed E-state index contributed by atoms with van der Waals surface area (Å²) in [6, 6.07) is 5.00. The van der Waals surface area contributed by atoms with Crippen molar-refractivity contribution in [1.29, 1.82) is 0 Å². The van der Waals surface area contributed by atoms with Crippen LogP contribution < -0.4 is 10.6 Å². The van der Waals surface area contributed by atoms with E-state index < -0.39 is 29.3 Å². The Hall–Kier alpha value is -2.33. The van der Waals surface area contributed by atoms with Gasteiger partial charge in [-0.15, -0.1) is 11.8 Å². The Labute approximate surface area is 156 Å². The van der Waals surface area contributed by atoms with E-state index in [2.05, 4.69) is 20.4 Å². The summed E-state index contributed by atoms with van der Waals surface area (Å²) >= 11 is 1.39. The van der Waals surface area contributed by atoms with Crippen LogP contribution in [0.4, 0.5) is 28.9 Å². The van der Waals surface area contributed by atoms with E-state index in [1.165, 1.54) is 25.0 Å². The number of hydrogen-bond acceptors (Lipinski definition) is 5. The number of amides is 1. The van der Waals surface area contributed by atoms with Crippen molar-refractivity contribution in [2.45, 2.75) is 24.0 Å². The molecule has 5 nitrogen and oxygen atoms in total. The number of carbonyl (C=O) groups excluding carboxylic acids is 1. The fraction of sp³-hybridized carbons (Fsp3) is 0.294. The van der Waals surface area contributed by atoms with E-state index >= 15 is 0 Å². The fourth-order valence-corrected chi connectivity index (χ4v) is 3.44. The third kappa shape index (κ3) is 3.59. The molecule has 2 aromatic rings. The number of ether oxygens (including phenoxy) is 1. The van der Waals surface area contributed by atoms with Crippen molar-refractivity contribution < 1.29 is 27.1 Å². The molecule has 1 aliphatic heterocycles. The Balaban J connectivity index is 2.00. The Morgan fingerprint density at radius 1 is 1.19 bits per heavy atom. The summed E-state index contributed by atoms with van der Waals surface area (Å²) in [5, 5.41) is 5.07. The number of carbonyl (C=O) groups is 1. The van der Waals surface area contributed by atoms with E-state index in [1.807, 2.05) is 6.92 Å². The molecule has 144 valence electrons. The Bertz CT molecular complexity index is 892. The Morgan fingerprint density at radius 2 is 1.81 bits per heavy atom. The number of benzene rings is 1. The molecule has 27 heavy (non-hydrogen) atoms. The number of halogens is 4. The highest BCUT2D eigenvalue weighted by atomic mass is 32.2. The van der Waals surface area contributed by atoms with Gasteiger partial charge in [0.25, 0.3) is 5.91 Å². The molecule has 1 aromatic carbocycles. The van der Waals surface area contributed by atoms with Gasteiger partial charge in [0.05, 0.1) is 22.5 Å². The highest BCUT2D eigenvalue weighted by Gasteiger charge is 2.57. The summed E-state index contributed by atoms with van der Waals surface area (Å²) in [7, 11) is 1.42. The Kier molecular flexibility index (Phi) is 5.04. The molecule has 0 aliphatic carbocycles. The second-order valence-corrected chi connectivity index (χ2v) is 6.87. The van der Waals surface area contributed by atoms with Crippen LogP contribution in [0.3, 0.4) is 0 Å². The highest BCUT2D eigenvalue weighted by molar-refractivity contribution is 7.99. The summed E-state index contributed by atoms with van der Waals surface area (Å²) in [6.07, 6.45) is -6.86. The number of nitrogens with zero attached hydrogens (tertiary/aromatic N) is 1. The average molecular weight is 401 g/mol. The van der Waals surface area contributed by atoms with Gasteiger partial charge in [0.1, 0.15) is 5.69 Å². The van der Waals surface area contributed by atoms with Crippen molar-refractivity contribution in [2.24, 2.45) is 0 Å². The van der Waals surface area contributed by atoms with E-state index in [0.29, 0.717) is 10.6 Å². The molecular weight excluding hydrogens is 386 g/mol. The molecule has 0 fully saturated rings. The van der Waals surface area contributed by atoms with Gasteiger partial charge in [-0.25, -0.2) is 9.72 Å². The van der Waals surface area contributed by atoms with E-state index in [1.54, 1.807) is 12.1 Å². The molecule has 1 amide bonds. The van der Waals surface area contributed by atoms with Crippen LogP contribution in [0.2, 0.25) is 0 Å². The topological polar surface area (TPSA) is 63.2 Å². The zero-order valence-electron chi connectivity index (χ0n) is 14.3. The fourth-order valence-electron chi connectivity index (χ4n) is 2.68. The molecule has 0 spiro atoms. The van der Waals surface area contributed by atoms with Crippen LogP contribution in [0.1, 0.15) is 28.5 Å². The van der Waals surface area contributed by atoms with Crippen LogP contribution in [0, 0.1) is 0 Å². The molecule has 2 N–H and O–H groups in total. The first-order valence-corrected chi connectivity index (χ1v) is 8.90. The first-order valence-electron chi connectivity index (χ1n) is 7.91. The molecule has 0 bridgehead atoms. The lowest BCUT2D eigenvalue weighted by atomic mass is 10.0. The number of rotatable bonds is 5. The van der Waals surface area contributed by atoms with Gasteiger partial charge >= 0.3 is 12.2 Å². The molecule has 0 saturated carbocycles. The molecule has 0 atom stereocenters. The highest BCUT2D eigenvalue weighted by Crippen LogP contribution is 2.52. The molecule has 10 heteroatoms. The van der Waals surface area contributed by atoms with Crippen LogP contribution in [-0.2, 0) is 17.0 Å². The molecule has 0 unspecified atom stereocenters. The third-order valence-corrected chi connectivity index (χ3v) is 4.77. The van der Waals surface area contributed by atoms with Crippen molar-refractivity contribution in [1.82, 2.24) is 4.98 Å². The van der Waals surface area contributed by atoms with E-state index in [4.69, 9.17) is 0 Å². The monoisotopic (exact) mass is 401 g/mol. The molecular formula is C17H15F4N3O2S. The maximum absolute atomic E-state index is 13.8. The van der Waals surface area contributed by atoms with Gasteiger partial charge in [-0.2, -0.15) is 17.6 Å². The smallest absolute Gasteiger partial charge is 0.386 e. The Morgan fingerprint density at radius 3 is 2.41 bits per heavy atom. The van der Waals surface area contributed by atoms with Gasteiger partial charge in [0, 0.05) is 18.1 Å². The molecule has 1 aliphatic rings. The quantitative estimate of drug-likeness (QED) is 0.566. The molecule has 2 heterocycles. The lowest BCUT2D eigenvalue weighted by Gasteiger charge is -2.15. The van der Waals surface area contributed by atoms with E-state index in [9.17, 15) is 22.4 Å². The minimum atomic E-state index is -4.17. The lowest BCUT2D eigenvalue weighted by Crippen LogP contribution is -2.18. The maximum atomic E-state index is 13.8. The van der Waals surface area contributed by atoms with Gasteiger partial charge < -0.3 is 10.6 Å². The predicted molar refractivity (Wildman–Crippen MR) is 93.4 cm³/mol. The number of anilines is 2. The zero-order chi connectivity index (χ0) is 19.8. The summed E-state index contributed by atoms with van der Waals surface area (Å²) in [6.45, 7) is 1.90. The van der Waals surface area contributed by atoms with Crippen molar-refractivity contribution in [3.63, 3.8) is 0 Å². The minimum absolute atomic E-state index is 0.0451. The SMILES string of the molecule is CCSc1cccnc1C(=O)Nc1cc2c(cc1NC)C(F)(F)OC2(F)F. The second-order valence-electron chi connectivity index (χ2n) is 5.57. The van der Waals surface area contributed by atoms with Crippen LogP contribution in [0.15, 0.2) is 35.4 Å². The standard InChI is InChI=1S/C17H15F4N3O2S/c1-3-27-13-5-4-6-23-14(13)15(25)24-12-8-10-9(7-11(12)22-2)16(18,19)26-17(10,20)21/h4-8,22H,3H2,1-2H3,(H,24,25). The van der Waals surface area contributed by atoms with Gasteiger partial charge in [0.15, 0.2) is 0 Å². The summed E-state index contributed by atoms with van der Waals surface area (Å²) in [5.74, 6) is 0.0580. The van der Waals surface area contributed by atoms with Gasteiger partial charge in [-0.1, -0.05) is 6.92 Å². The van der Waals surface area contributed by atoms with Crippen LogP contribution in [0.5, 0.6) is 0 Å². The molecule has 0 saturated heterocycles. The van der Waals surface area contributed by atoms with Crippen LogP contribution in [0.25, 0.3) is 0 Å². The molecule has 0 radical (unpaired) electrons. The van der Waals surface area contributed by atoms with Crippen LogP contribution >= 0.6 is 11.8 Å². The summed E-state index contributed by atoms with van der Waals surface area (Å²) in [4.78, 5) is 17.2. The zero-order valence-corrected chi connectivity index (χ0v) is 15.1. The van der Waals surface area contributed by atoms with Gasteiger partial charge in [-0.3, -0.25) is 4.79 Å². The number of aromatic nitrogens is 1. The number of fused-ring (bicyclic) bond motifs is 1. The molecule has 1 aromatic heterocycles. The number of pyridine rings is 1. The predicted octanol–water partition coefficient (Wildman–Crippen LogP) is 4.62. The first-order chi connectivity index (χ1) is 12.7. The van der Waals surface area contributed by atoms with Crippen molar-refractivity contribution in [2.75, 3.05) is 23.4 Å². The van der Waals surface area contributed by atoms with E-state index in [0.717, 1.165) is 12.1 Å². The lowest BCUT2D eigenvalue weighted by molar-refractivity contribution is -0.369. The van der Waals surface area contributed by atoms with Crippen molar-refractivity contribution in [3.05, 3.63) is 47.3 Å². The van der Waals surface area contributed by atoms with Gasteiger partial charge in [0.2, 0.25) is 0 Å². The number of nitrogens with one attached hydrogen (secondary N) is 2. The first kappa shape index (κ1) is 19.4. The minimum Gasteiger partial charge on any atom is -0.386 e. The summed E-state index contributed by atoms with van der Waals surface area (Å²) < 4.78 is 58.7. The van der Waals surface area contributed by atoms with Crippen LogP contribution in [-0.4, -0.2) is 23.7 Å². The number of hydrogen-bond donors (Lipinski definition) is 2. The normalized spacial score (nSPS) is 16.7. The van der Waals surface area contributed by atoms with Crippen molar-refractivity contribution >= 4 is 29.0 Å². The maximum Gasteiger partial charge on any atom is 0.388 e. The number of alkyl halides is 4. The van der Waals surface area contributed by atoms with Gasteiger partial charge in [-0.05, 0) is 30.0 Å². The average Bonchev–Trinajstić information content (AvgIpc) is 2.78.